The molecule has 1 aromatic heterocycles. The average molecular weight is 175 g/mol. The molecule has 0 atom stereocenters. The largest absolute Gasteiger partial charge is 0.291 e. The molecule has 0 saturated carbocycles. The van der Waals surface area contributed by atoms with E-state index in [1.54, 1.807) is 0 Å². The summed E-state index contributed by atoms with van der Waals surface area (Å²) in [7, 11) is 0. The van der Waals surface area contributed by atoms with E-state index >= 15 is 0 Å². The number of carbonyl (C=O) groups is 1. The molecule has 0 amide bonds. The second kappa shape index (κ2) is 3.34. The molecule has 0 spiro atoms. The predicted molar refractivity (Wildman–Crippen MR) is 34.5 cm³/mol. The fourth-order valence-corrected chi connectivity index (χ4v) is 0.690. The Morgan fingerprint density at radius 3 is 2.75 bits per heavy atom. The lowest BCUT2D eigenvalue weighted by atomic mass is 10.2. The van der Waals surface area contributed by atoms with Crippen LogP contribution in [0.4, 0.5) is 13.2 Å². The van der Waals surface area contributed by atoms with Crippen molar-refractivity contribution in [2.75, 3.05) is 6.67 Å². The molecule has 2 nitrogen and oxygen atoms in total. The molecule has 5 heteroatoms. The second-order valence-electron chi connectivity index (χ2n) is 2.05. The van der Waals surface area contributed by atoms with Gasteiger partial charge in [-0.2, -0.15) is 4.39 Å². The van der Waals surface area contributed by atoms with E-state index in [4.69, 9.17) is 0 Å². The Kier molecular flexibility index (Phi) is 2.42. The summed E-state index contributed by atoms with van der Waals surface area (Å²) in [5, 5.41) is 0. The van der Waals surface area contributed by atoms with E-state index < -0.39 is 29.8 Å². The van der Waals surface area contributed by atoms with Gasteiger partial charge in [0.05, 0.1) is 11.8 Å². The zero-order chi connectivity index (χ0) is 9.14. The highest BCUT2D eigenvalue weighted by Gasteiger charge is 2.13. The van der Waals surface area contributed by atoms with Crippen molar-refractivity contribution in [3.05, 3.63) is 29.6 Å². The van der Waals surface area contributed by atoms with Crippen LogP contribution in [0.1, 0.15) is 10.4 Å². The van der Waals surface area contributed by atoms with Gasteiger partial charge in [0.2, 0.25) is 5.95 Å². The van der Waals surface area contributed by atoms with Crippen molar-refractivity contribution in [1.82, 2.24) is 4.98 Å². The van der Waals surface area contributed by atoms with Crippen LogP contribution >= 0.6 is 0 Å². The van der Waals surface area contributed by atoms with E-state index in [2.05, 4.69) is 4.98 Å². The zero-order valence-corrected chi connectivity index (χ0v) is 5.85. The van der Waals surface area contributed by atoms with Crippen LogP contribution < -0.4 is 0 Å². The topological polar surface area (TPSA) is 30.0 Å². The van der Waals surface area contributed by atoms with Gasteiger partial charge < -0.3 is 0 Å². The molecule has 1 rings (SSSR count). The van der Waals surface area contributed by atoms with Gasteiger partial charge in [0.1, 0.15) is 5.82 Å². The van der Waals surface area contributed by atoms with Crippen LogP contribution in [0.2, 0.25) is 0 Å². The maximum atomic E-state index is 12.5. The van der Waals surface area contributed by atoms with Crippen LogP contribution in [-0.2, 0) is 0 Å². The number of halogens is 3. The minimum atomic E-state index is -1.36. The average Bonchev–Trinajstić information content (AvgIpc) is 2.08. The summed E-state index contributed by atoms with van der Waals surface area (Å²) in [5.41, 5.74) is -0.655. The van der Waals surface area contributed by atoms with E-state index in [0.29, 0.717) is 12.3 Å². The van der Waals surface area contributed by atoms with Gasteiger partial charge in [-0.15, -0.1) is 0 Å². The number of alkyl halides is 1. The second-order valence-corrected chi connectivity index (χ2v) is 2.05. The highest BCUT2D eigenvalue weighted by molar-refractivity contribution is 5.96. The molecule has 0 bridgehead atoms. The normalized spacial score (nSPS) is 9.92. The fraction of sp³-hybridized carbons (Fsp3) is 0.143. The van der Waals surface area contributed by atoms with Gasteiger partial charge in [0.25, 0.3) is 0 Å². The third-order valence-corrected chi connectivity index (χ3v) is 1.23. The molecule has 0 aromatic carbocycles. The predicted octanol–water partition coefficient (Wildman–Crippen LogP) is 1.51. The fourth-order valence-electron chi connectivity index (χ4n) is 0.690. The van der Waals surface area contributed by atoms with Crippen LogP contribution in [0.3, 0.4) is 0 Å². The van der Waals surface area contributed by atoms with Crippen LogP contribution in [0.25, 0.3) is 0 Å². The first kappa shape index (κ1) is 8.70. The van der Waals surface area contributed by atoms with Crippen LogP contribution in [0.15, 0.2) is 12.3 Å². The molecule has 0 aliphatic heterocycles. The van der Waals surface area contributed by atoms with Crippen LogP contribution in [-0.4, -0.2) is 17.4 Å². The van der Waals surface area contributed by atoms with E-state index in [9.17, 15) is 18.0 Å². The summed E-state index contributed by atoms with van der Waals surface area (Å²) in [4.78, 5) is 13.5. The molecule has 0 aliphatic carbocycles. The van der Waals surface area contributed by atoms with Crippen molar-refractivity contribution in [3.8, 4) is 0 Å². The Hall–Kier alpha value is -1.39. The summed E-state index contributed by atoms with van der Waals surface area (Å²) in [6.07, 6.45) is 0.615. The summed E-state index contributed by atoms with van der Waals surface area (Å²) in [6.45, 7) is -1.36. The summed E-state index contributed by atoms with van der Waals surface area (Å²) >= 11 is 0. The molecule has 1 heterocycles. The smallest absolute Gasteiger partial charge is 0.224 e. The number of Topliss-reactive ketones (excluding diaryl/α,β-unsaturated/α-hetero) is 1. The van der Waals surface area contributed by atoms with E-state index in [-0.39, 0.29) is 0 Å². The monoisotopic (exact) mass is 175 g/mol. The van der Waals surface area contributed by atoms with E-state index in [1.807, 2.05) is 0 Å². The third-order valence-electron chi connectivity index (χ3n) is 1.23. The van der Waals surface area contributed by atoms with E-state index in [0.717, 1.165) is 0 Å². The first-order chi connectivity index (χ1) is 5.65. The van der Waals surface area contributed by atoms with E-state index in [1.165, 1.54) is 0 Å². The molecule has 0 saturated heterocycles. The Morgan fingerprint density at radius 2 is 2.17 bits per heavy atom. The number of pyridine rings is 1. The molecule has 0 unspecified atom stereocenters. The highest BCUT2D eigenvalue weighted by Crippen LogP contribution is 2.07. The maximum absolute atomic E-state index is 12.5. The number of nitrogens with zero attached hydrogens (tertiary/aromatic N) is 1. The Morgan fingerprint density at radius 1 is 1.50 bits per heavy atom. The van der Waals surface area contributed by atoms with Crippen LogP contribution in [0.5, 0.6) is 0 Å². The quantitative estimate of drug-likeness (QED) is 0.503. The molecule has 0 fully saturated rings. The summed E-state index contributed by atoms with van der Waals surface area (Å²) < 4.78 is 36.6. The van der Waals surface area contributed by atoms with Crippen molar-refractivity contribution in [2.24, 2.45) is 0 Å². The highest BCUT2D eigenvalue weighted by atomic mass is 19.1. The molecule has 64 valence electrons. The number of rotatable bonds is 2. The standard InChI is InChI=1S/C7H4F3NO/c8-2-6(12)5-1-4(9)3-11-7(5)10/h1,3H,2H2. The molecule has 12 heavy (non-hydrogen) atoms. The van der Waals surface area contributed by atoms with Crippen molar-refractivity contribution in [3.63, 3.8) is 0 Å². The summed E-state index contributed by atoms with van der Waals surface area (Å²) in [5.74, 6) is -3.13. The Labute approximate surface area is 66.0 Å². The van der Waals surface area contributed by atoms with Gasteiger partial charge in [-0.05, 0) is 6.07 Å². The first-order valence-electron chi connectivity index (χ1n) is 3.05. The molecular weight excluding hydrogens is 171 g/mol. The van der Waals surface area contributed by atoms with Gasteiger partial charge in [-0.3, -0.25) is 4.79 Å². The molecule has 0 aliphatic rings. The molecule has 1 aromatic rings. The number of aromatic nitrogens is 1. The summed E-state index contributed by atoms with van der Waals surface area (Å²) in [6, 6.07) is 0.615. The number of hydrogen-bond acceptors (Lipinski definition) is 2. The molecule has 0 N–H and O–H groups in total. The van der Waals surface area contributed by atoms with Crippen molar-refractivity contribution in [2.45, 2.75) is 0 Å². The minimum absolute atomic E-state index is 0.615. The van der Waals surface area contributed by atoms with Gasteiger partial charge >= 0.3 is 0 Å². The van der Waals surface area contributed by atoms with Crippen molar-refractivity contribution < 1.29 is 18.0 Å². The van der Waals surface area contributed by atoms with Crippen molar-refractivity contribution in [1.29, 1.82) is 0 Å². The van der Waals surface area contributed by atoms with Gasteiger partial charge in [0.15, 0.2) is 12.5 Å². The molecular formula is C7H4F3NO. The van der Waals surface area contributed by atoms with Crippen molar-refractivity contribution >= 4 is 5.78 Å². The SMILES string of the molecule is O=C(CF)c1cc(F)cnc1F. The van der Waals surface area contributed by atoms with Crippen LogP contribution in [0, 0.1) is 11.8 Å². The number of carbonyl (C=O) groups excluding carboxylic acids is 1. The minimum Gasteiger partial charge on any atom is -0.291 e. The zero-order valence-electron chi connectivity index (χ0n) is 5.85. The maximum Gasteiger partial charge on any atom is 0.224 e. The first-order valence-corrected chi connectivity index (χ1v) is 3.05. The molecule has 0 radical (unpaired) electrons. The number of hydrogen-bond donors (Lipinski definition) is 0. The van der Waals surface area contributed by atoms with Gasteiger partial charge in [0, 0.05) is 0 Å². The Balaban J connectivity index is 3.13. The lowest BCUT2D eigenvalue weighted by Gasteiger charge is -1.96. The van der Waals surface area contributed by atoms with Gasteiger partial charge in [-0.25, -0.2) is 13.8 Å². The lowest BCUT2D eigenvalue weighted by molar-refractivity contribution is 0.0953. The Bertz CT molecular complexity index is 314. The third kappa shape index (κ3) is 1.61. The van der Waals surface area contributed by atoms with Gasteiger partial charge in [-0.1, -0.05) is 0 Å². The lowest BCUT2D eigenvalue weighted by Crippen LogP contribution is -2.06. The number of ketones is 1.